The lowest BCUT2D eigenvalue weighted by Gasteiger charge is -2.28. The number of nitrogens with one attached hydrogen (secondary N) is 1. The van der Waals surface area contributed by atoms with Crippen molar-refractivity contribution in [1.82, 2.24) is 19.8 Å². The molecule has 0 unspecified atom stereocenters. The van der Waals surface area contributed by atoms with Gasteiger partial charge in [0.25, 0.3) is 0 Å². The van der Waals surface area contributed by atoms with Gasteiger partial charge in [-0.05, 0) is 74.1 Å². The molecular formula is C21H21ClN4S. The Morgan fingerprint density at radius 1 is 1.19 bits per heavy atom. The highest BCUT2D eigenvalue weighted by atomic mass is 35.5. The van der Waals surface area contributed by atoms with Crippen LogP contribution in [0, 0.1) is 6.92 Å². The summed E-state index contributed by atoms with van der Waals surface area (Å²) in [6.45, 7) is 4.97. The van der Waals surface area contributed by atoms with E-state index < -0.39 is 0 Å². The van der Waals surface area contributed by atoms with E-state index in [-0.39, 0.29) is 12.1 Å². The predicted molar refractivity (Wildman–Crippen MR) is 113 cm³/mol. The highest BCUT2D eigenvalue weighted by Crippen LogP contribution is 2.39. The number of aryl methyl sites for hydroxylation is 1. The van der Waals surface area contributed by atoms with Crippen LogP contribution in [-0.4, -0.2) is 26.1 Å². The number of thiocarbonyl (C=S) groups is 1. The van der Waals surface area contributed by atoms with E-state index in [0.29, 0.717) is 0 Å². The second kappa shape index (κ2) is 7.33. The van der Waals surface area contributed by atoms with Crippen LogP contribution in [0.15, 0.2) is 60.9 Å². The maximum absolute atomic E-state index is 6.22. The topological polar surface area (TPSA) is 33.1 Å². The maximum atomic E-state index is 6.22. The van der Waals surface area contributed by atoms with Crippen LogP contribution in [0.4, 0.5) is 0 Å². The molecule has 1 aromatic carbocycles. The van der Waals surface area contributed by atoms with Crippen LogP contribution < -0.4 is 5.32 Å². The Labute approximate surface area is 169 Å². The summed E-state index contributed by atoms with van der Waals surface area (Å²) in [7, 11) is 0. The van der Waals surface area contributed by atoms with Crippen molar-refractivity contribution in [2.45, 2.75) is 25.9 Å². The third-order valence-corrected chi connectivity index (χ3v) is 5.82. The molecule has 27 heavy (non-hydrogen) atoms. The molecule has 3 aromatic rings. The minimum atomic E-state index is 0.000646. The minimum Gasteiger partial charge on any atom is -0.352 e. The molecule has 4 nitrogen and oxygen atoms in total. The normalized spacial score (nSPS) is 19.4. The van der Waals surface area contributed by atoms with Crippen LogP contribution in [0.5, 0.6) is 0 Å². The first-order valence-corrected chi connectivity index (χ1v) is 9.80. The standard InChI is InChI=1S/C21H21ClN4S/c1-3-25-20(19(24-21(25)27)17-7-4-5-11-23-17)18-8-6-12-26(18)15-9-10-16(22)14(2)13-15/h4-13,19-20H,3H2,1-2H3,(H,24,27)/t19-,20-/m0/s1. The average molecular weight is 397 g/mol. The van der Waals surface area contributed by atoms with E-state index in [2.05, 4.69) is 51.1 Å². The number of pyridine rings is 1. The van der Waals surface area contributed by atoms with Gasteiger partial charge in [0.15, 0.2) is 5.11 Å². The summed E-state index contributed by atoms with van der Waals surface area (Å²) < 4.78 is 2.21. The maximum Gasteiger partial charge on any atom is 0.170 e. The second-order valence-corrected chi connectivity index (χ2v) is 7.44. The van der Waals surface area contributed by atoms with Gasteiger partial charge >= 0.3 is 0 Å². The zero-order valence-corrected chi connectivity index (χ0v) is 16.8. The molecule has 3 heterocycles. The van der Waals surface area contributed by atoms with Gasteiger partial charge in [0.1, 0.15) is 0 Å². The number of hydrogen-bond acceptors (Lipinski definition) is 2. The quantitative estimate of drug-likeness (QED) is 0.640. The Morgan fingerprint density at radius 2 is 2.04 bits per heavy atom. The molecule has 2 aromatic heterocycles. The van der Waals surface area contributed by atoms with Crippen molar-refractivity contribution in [3.8, 4) is 5.69 Å². The van der Waals surface area contributed by atoms with Crippen molar-refractivity contribution < 1.29 is 0 Å². The zero-order chi connectivity index (χ0) is 19.0. The summed E-state index contributed by atoms with van der Waals surface area (Å²) in [4.78, 5) is 6.80. The zero-order valence-electron chi connectivity index (χ0n) is 15.3. The molecule has 0 radical (unpaired) electrons. The van der Waals surface area contributed by atoms with Gasteiger partial charge in [-0.2, -0.15) is 0 Å². The van der Waals surface area contributed by atoms with Crippen molar-refractivity contribution in [1.29, 1.82) is 0 Å². The van der Waals surface area contributed by atoms with Crippen LogP contribution in [0.3, 0.4) is 0 Å². The molecule has 0 bridgehead atoms. The molecule has 1 fully saturated rings. The number of halogens is 1. The molecule has 6 heteroatoms. The number of hydrogen-bond donors (Lipinski definition) is 1. The third-order valence-electron chi connectivity index (χ3n) is 5.04. The number of likely N-dealkylation sites (N-methyl/N-ethyl adjacent to an activating group) is 1. The Bertz CT molecular complexity index is 969. The van der Waals surface area contributed by atoms with Crippen LogP contribution in [0.2, 0.25) is 5.02 Å². The van der Waals surface area contributed by atoms with Gasteiger partial charge in [-0.1, -0.05) is 17.7 Å². The highest BCUT2D eigenvalue weighted by Gasteiger charge is 2.40. The lowest BCUT2D eigenvalue weighted by molar-refractivity contribution is 0.321. The number of aromatic nitrogens is 2. The molecule has 0 aliphatic carbocycles. The van der Waals surface area contributed by atoms with Crippen molar-refractivity contribution in [2.24, 2.45) is 0 Å². The molecular weight excluding hydrogens is 376 g/mol. The fraction of sp³-hybridized carbons (Fsp3) is 0.238. The lowest BCUT2D eigenvalue weighted by atomic mass is 10.0. The van der Waals surface area contributed by atoms with Gasteiger partial charge < -0.3 is 14.8 Å². The van der Waals surface area contributed by atoms with Gasteiger partial charge in [0.05, 0.1) is 17.8 Å². The van der Waals surface area contributed by atoms with Crippen molar-refractivity contribution in [3.63, 3.8) is 0 Å². The second-order valence-electron chi connectivity index (χ2n) is 6.65. The van der Waals surface area contributed by atoms with Gasteiger partial charge in [-0.3, -0.25) is 4.98 Å². The van der Waals surface area contributed by atoms with Crippen LogP contribution in [0.1, 0.15) is 36.0 Å². The predicted octanol–water partition coefficient (Wildman–Crippen LogP) is 4.83. The molecule has 1 N–H and O–H groups in total. The molecule has 1 saturated heterocycles. The Hall–Kier alpha value is -2.37. The van der Waals surface area contributed by atoms with E-state index in [1.165, 1.54) is 5.69 Å². The van der Waals surface area contributed by atoms with E-state index in [1.807, 2.05) is 43.5 Å². The molecule has 138 valence electrons. The lowest BCUT2D eigenvalue weighted by Crippen LogP contribution is -2.30. The summed E-state index contributed by atoms with van der Waals surface area (Å²) in [5.41, 5.74) is 4.30. The van der Waals surface area contributed by atoms with E-state index in [1.54, 1.807) is 0 Å². The first kappa shape index (κ1) is 18.0. The smallest absolute Gasteiger partial charge is 0.170 e. The van der Waals surface area contributed by atoms with Crippen molar-refractivity contribution in [3.05, 3.63) is 82.9 Å². The monoisotopic (exact) mass is 396 g/mol. The minimum absolute atomic E-state index is 0.000646. The van der Waals surface area contributed by atoms with E-state index in [0.717, 1.165) is 33.6 Å². The van der Waals surface area contributed by atoms with E-state index in [9.17, 15) is 0 Å². The highest BCUT2D eigenvalue weighted by molar-refractivity contribution is 7.80. The number of benzene rings is 1. The van der Waals surface area contributed by atoms with Gasteiger partial charge in [-0.15, -0.1) is 0 Å². The Morgan fingerprint density at radius 3 is 2.74 bits per heavy atom. The SMILES string of the molecule is CCN1C(=S)N[C@@H](c2ccccn2)[C@@H]1c1cccn1-c1ccc(Cl)c(C)c1. The first-order chi connectivity index (χ1) is 13.1. The van der Waals surface area contributed by atoms with E-state index in [4.69, 9.17) is 23.8 Å². The summed E-state index contributed by atoms with van der Waals surface area (Å²) in [5, 5.41) is 5.01. The van der Waals surface area contributed by atoms with Crippen molar-refractivity contribution >= 4 is 28.9 Å². The van der Waals surface area contributed by atoms with Crippen LogP contribution >= 0.6 is 23.8 Å². The van der Waals surface area contributed by atoms with Gasteiger partial charge in [0.2, 0.25) is 0 Å². The summed E-state index contributed by atoms with van der Waals surface area (Å²) >= 11 is 11.8. The molecule has 0 spiro atoms. The van der Waals surface area contributed by atoms with Crippen LogP contribution in [0.25, 0.3) is 5.69 Å². The Balaban J connectivity index is 1.81. The first-order valence-electron chi connectivity index (χ1n) is 9.02. The fourth-order valence-electron chi connectivity index (χ4n) is 3.72. The molecule has 2 atom stereocenters. The average Bonchev–Trinajstić information content (AvgIpc) is 3.28. The molecule has 1 aliphatic rings. The molecule has 1 aliphatic heterocycles. The Kier molecular flexibility index (Phi) is 4.89. The third kappa shape index (κ3) is 3.22. The number of rotatable bonds is 4. The largest absolute Gasteiger partial charge is 0.352 e. The van der Waals surface area contributed by atoms with Gasteiger partial charge in [-0.25, -0.2) is 0 Å². The molecule has 4 rings (SSSR count). The summed E-state index contributed by atoms with van der Waals surface area (Å²) in [6.07, 6.45) is 3.91. The molecule has 0 saturated carbocycles. The van der Waals surface area contributed by atoms with Crippen molar-refractivity contribution in [2.75, 3.05) is 6.54 Å². The number of nitrogens with zero attached hydrogens (tertiary/aromatic N) is 3. The summed E-state index contributed by atoms with van der Waals surface area (Å²) in [6, 6.07) is 16.4. The molecule has 0 amide bonds. The van der Waals surface area contributed by atoms with Crippen LogP contribution in [-0.2, 0) is 0 Å². The van der Waals surface area contributed by atoms with E-state index >= 15 is 0 Å². The summed E-state index contributed by atoms with van der Waals surface area (Å²) in [5.74, 6) is 0. The van der Waals surface area contributed by atoms with Gasteiger partial charge in [0, 0.05) is 35.3 Å². The fourth-order valence-corrected chi connectivity index (χ4v) is 4.20.